The maximum Gasteiger partial charge on any atom is 0.344 e. The third-order valence-corrected chi connectivity index (χ3v) is 5.08. The van der Waals surface area contributed by atoms with Crippen LogP contribution < -0.4 is 10.1 Å². The molecule has 2 aromatic rings. The molecule has 1 aromatic heterocycles. The summed E-state index contributed by atoms with van der Waals surface area (Å²) >= 11 is 1.27. The molecule has 0 fully saturated rings. The number of carbonyl (C=O) groups excluding carboxylic acids is 3. The van der Waals surface area contributed by atoms with Crippen LogP contribution in [0.1, 0.15) is 40.2 Å². The van der Waals surface area contributed by atoms with Crippen LogP contribution in [0.3, 0.4) is 0 Å². The molecule has 1 N–H and O–H groups in total. The van der Waals surface area contributed by atoms with Crippen LogP contribution >= 0.6 is 11.3 Å². The van der Waals surface area contributed by atoms with Crippen LogP contribution in [0, 0.1) is 18.3 Å². The van der Waals surface area contributed by atoms with Crippen LogP contribution in [0.25, 0.3) is 0 Å². The average molecular weight is 430 g/mol. The minimum atomic E-state index is -0.764. The van der Waals surface area contributed by atoms with Crippen molar-refractivity contribution in [3.63, 3.8) is 0 Å². The highest BCUT2D eigenvalue weighted by Crippen LogP contribution is 2.34. The van der Waals surface area contributed by atoms with Gasteiger partial charge in [0.25, 0.3) is 5.91 Å². The predicted molar refractivity (Wildman–Crippen MR) is 111 cm³/mol. The standard InChI is InChI=1S/C21H22N2O6S/c1-4-15-13(3)30-20(19(15)21(26)27-5-2)23-17(24)11-29-18(25)12-28-16-9-7-6-8-14(16)10-22/h6-9H,4-5,11-12H2,1-3H3,(H,23,24). The number of para-hydroxylation sites is 1. The van der Waals surface area contributed by atoms with Gasteiger partial charge in [-0.25, -0.2) is 9.59 Å². The molecule has 1 amide bonds. The van der Waals surface area contributed by atoms with Crippen LogP contribution in [0.5, 0.6) is 5.75 Å². The second-order valence-electron chi connectivity index (χ2n) is 6.02. The van der Waals surface area contributed by atoms with E-state index in [-0.39, 0.29) is 17.9 Å². The Kier molecular flexibility index (Phi) is 8.38. The Morgan fingerprint density at radius 2 is 1.87 bits per heavy atom. The van der Waals surface area contributed by atoms with Gasteiger partial charge in [0.2, 0.25) is 0 Å². The van der Waals surface area contributed by atoms with Gasteiger partial charge < -0.3 is 19.5 Å². The van der Waals surface area contributed by atoms with E-state index in [1.807, 2.05) is 19.9 Å². The van der Waals surface area contributed by atoms with Gasteiger partial charge in [0.1, 0.15) is 16.8 Å². The topological polar surface area (TPSA) is 115 Å². The Balaban J connectivity index is 1.94. The van der Waals surface area contributed by atoms with Crippen molar-refractivity contribution in [2.24, 2.45) is 0 Å². The lowest BCUT2D eigenvalue weighted by Crippen LogP contribution is -2.24. The molecule has 2 rings (SSSR count). The summed E-state index contributed by atoms with van der Waals surface area (Å²) in [6, 6.07) is 8.41. The van der Waals surface area contributed by atoms with Gasteiger partial charge in [0, 0.05) is 4.88 Å². The Morgan fingerprint density at radius 3 is 2.53 bits per heavy atom. The molecule has 0 spiro atoms. The van der Waals surface area contributed by atoms with Crippen molar-refractivity contribution < 1.29 is 28.6 Å². The summed E-state index contributed by atoms with van der Waals surface area (Å²) in [5.74, 6) is -1.60. The fraction of sp³-hybridized carbons (Fsp3) is 0.333. The third-order valence-electron chi connectivity index (χ3n) is 4.01. The summed E-state index contributed by atoms with van der Waals surface area (Å²) in [6.45, 7) is 4.71. The summed E-state index contributed by atoms with van der Waals surface area (Å²) < 4.78 is 15.3. The molecule has 158 valence electrons. The van der Waals surface area contributed by atoms with Gasteiger partial charge in [0.15, 0.2) is 13.2 Å². The van der Waals surface area contributed by atoms with Gasteiger partial charge in [0.05, 0.1) is 17.7 Å². The van der Waals surface area contributed by atoms with E-state index in [1.54, 1.807) is 31.2 Å². The highest BCUT2D eigenvalue weighted by molar-refractivity contribution is 7.16. The molecule has 30 heavy (non-hydrogen) atoms. The molecule has 8 nitrogen and oxygen atoms in total. The lowest BCUT2D eigenvalue weighted by atomic mass is 10.1. The summed E-state index contributed by atoms with van der Waals surface area (Å²) in [5.41, 5.74) is 1.43. The largest absolute Gasteiger partial charge is 0.481 e. The number of benzene rings is 1. The van der Waals surface area contributed by atoms with Gasteiger partial charge in [-0.15, -0.1) is 11.3 Å². The quantitative estimate of drug-likeness (QED) is 0.607. The van der Waals surface area contributed by atoms with Gasteiger partial charge >= 0.3 is 11.9 Å². The van der Waals surface area contributed by atoms with E-state index >= 15 is 0 Å². The van der Waals surface area contributed by atoms with E-state index in [9.17, 15) is 14.4 Å². The van der Waals surface area contributed by atoms with Crippen molar-refractivity contribution in [2.75, 3.05) is 25.1 Å². The summed E-state index contributed by atoms with van der Waals surface area (Å²) in [6.07, 6.45) is 0.614. The first-order valence-electron chi connectivity index (χ1n) is 9.27. The monoisotopic (exact) mass is 430 g/mol. The molecule has 0 aliphatic heterocycles. The molecule has 0 aliphatic carbocycles. The zero-order valence-corrected chi connectivity index (χ0v) is 17.8. The smallest absolute Gasteiger partial charge is 0.344 e. The maximum absolute atomic E-state index is 12.3. The molecule has 0 unspecified atom stereocenters. The first-order valence-corrected chi connectivity index (χ1v) is 10.1. The molecular formula is C21H22N2O6S. The first kappa shape index (κ1) is 22.9. The predicted octanol–water partition coefficient (Wildman–Crippen LogP) is 3.23. The molecule has 0 saturated heterocycles. The number of esters is 2. The number of rotatable bonds is 9. The van der Waals surface area contributed by atoms with Crippen LogP contribution in [-0.2, 0) is 25.5 Å². The van der Waals surface area contributed by atoms with Crippen LogP contribution in [0.15, 0.2) is 24.3 Å². The van der Waals surface area contributed by atoms with E-state index in [4.69, 9.17) is 19.5 Å². The lowest BCUT2D eigenvalue weighted by Gasteiger charge is -2.09. The maximum atomic E-state index is 12.3. The highest BCUT2D eigenvalue weighted by Gasteiger charge is 2.23. The van der Waals surface area contributed by atoms with Gasteiger partial charge in [-0.3, -0.25) is 4.79 Å². The zero-order valence-electron chi connectivity index (χ0n) is 16.9. The highest BCUT2D eigenvalue weighted by atomic mass is 32.1. The fourth-order valence-electron chi connectivity index (χ4n) is 2.68. The van der Waals surface area contributed by atoms with Crippen molar-refractivity contribution in [3.8, 4) is 11.8 Å². The Morgan fingerprint density at radius 1 is 1.13 bits per heavy atom. The molecule has 0 atom stereocenters. The number of ether oxygens (including phenoxy) is 3. The van der Waals surface area contributed by atoms with Gasteiger partial charge in [-0.1, -0.05) is 19.1 Å². The Hall–Kier alpha value is -3.38. The summed E-state index contributed by atoms with van der Waals surface area (Å²) in [5, 5.41) is 12.0. The SMILES string of the molecule is CCOC(=O)c1c(NC(=O)COC(=O)COc2ccccc2C#N)sc(C)c1CC. The Labute approximate surface area is 178 Å². The van der Waals surface area contributed by atoms with E-state index in [0.717, 1.165) is 10.4 Å². The number of anilines is 1. The minimum Gasteiger partial charge on any atom is -0.481 e. The third kappa shape index (κ3) is 5.81. The Bertz CT molecular complexity index is 976. The van der Waals surface area contributed by atoms with Crippen LogP contribution in [0.4, 0.5) is 5.00 Å². The fourth-order valence-corrected chi connectivity index (χ4v) is 3.83. The lowest BCUT2D eigenvalue weighted by molar-refractivity contribution is -0.149. The molecule has 9 heteroatoms. The molecule has 0 aliphatic rings. The minimum absolute atomic E-state index is 0.219. The number of aryl methyl sites for hydroxylation is 1. The molecular weight excluding hydrogens is 408 g/mol. The first-order chi connectivity index (χ1) is 14.4. The van der Waals surface area contributed by atoms with Crippen LogP contribution in [-0.4, -0.2) is 37.7 Å². The number of hydrogen-bond acceptors (Lipinski definition) is 8. The normalized spacial score (nSPS) is 10.1. The van der Waals surface area contributed by atoms with Gasteiger partial charge in [-0.2, -0.15) is 5.26 Å². The second kappa shape index (κ2) is 11.0. The molecule has 0 saturated carbocycles. The molecule has 1 aromatic carbocycles. The van der Waals surface area contributed by atoms with Crippen molar-refractivity contribution in [1.29, 1.82) is 5.26 Å². The van der Waals surface area contributed by atoms with Crippen molar-refractivity contribution in [2.45, 2.75) is 27.2 Å². The van der Waals surface area contributed by atoms with Gasteiger partial charge in [-0.05, 0) is 38.0 Å². The summed E-state index contributed by atoms with van der Waals surface area (Å²) in [4.78, 5) is 37.3. The summed E-state index contributed by atoms with van der Waals surface area (Å²) in [7, 11) is 0. The van der Waals surface area contributed by atoms with Crippen molar-refractivity contribution in [1.82, 2.24) is 0 Å². The second-order valence-corrected chi connectivity index (χ2v) is 7.25. The van der Waals surface area contributed by atoms with E-state index in [1.165, 1.54) is 11.3 Å². The van der Waals surface area contributed by atoms with E-state index < -0.39 is 31.1 Å². The zero-order chi connectivity index (χ0) is 22.1. The van der Waals surface area contributed by atoms with E-state index in [2.05, 4.69) is 5.32 Å². The van der Waals surface area contributed by atoms with E-state index in [0.29, 0.717) is 17.0 Å². The van der Waals surface area contributed by atoms with Crippen LogP contribution in [0.2, 0.25) is 0 Å². The number of nitrogens with one attached hydrogen (secondary N) is 1. The van der Waals surface area contributed by atoms with Crippen molar-refractivity contribution in [3.05, 3.63) is 45.8 Å². The van der Waals surface area contributed by atoms with Crippen molar-refractivity contribution >= 4 is 34.2 Å². The number of nitriles is 1. The average Bonchev–Trinajstić information content (AvgIpc) is 3.05. The molecule has 1 heterocycles. The number of nitrogens with zero attached hydrogens (tertiary/aromatic N) is 1. The number of hydrogen-bond donors (Lipinski definition) is 1. The number of amides is 1. The molecule has 0 bridgehead atoms. The molecule has 0 radical (unpaired) electrons. The number of thiophene rings is 1. The number of carbonyl (C=O) groups is 3.